The fourth-order valence-electron chi connectivity index (χ4n) is 2.62. The maximum atomic E-state index is 12.8. The molecule has 0 atom stereocenters. The molecule has 3 rings (SSSR count). The zero-order valence-corrected chi connectivity index (χ0v) is 13.5. The van der Waals surface area contributed by atoms with Crippen molar-refractivity contribution >= 4 is 29.4 Å². The lowest BCUT2D eigenvalue weighted by Crippen LogP contribution is -2.38. The molecule has 0 aromatic heterocycles. The quantitative estimate of drug-likeness (QED) is 0.501. The van der Waals surface area contributed by atoms with Crippen LogP contribution < -0.4 is 15.2 Å². The highest BCUT2D eigenvalue weighted by Gasteiger charge is 2.22. The van der Waals surface area contributed by atoms with Gasteiger partial charge in [-0.1, -0.05) is 12.1 Å². The van der Waals surface area contributed by atoms with Gasteiger partial charge in [0.15, 0.2) is 0 Å². The van der Waals surface area contributed by atoms with Crippen molar-refractivity contribution in [3.05, 3.63) is 58.0 Å². The molecule has 0 amide bonds. The van der Waals surface area contributed by atoms with E-state index >= 15 is 0 Å². The van der Waals surface area contributed by atoms with E-state index in [1.807, 2.05) is 0 Å². The third kappa shape index (κ3) is 2.89. The molecule has 1 aliphatic carbocycles. The van der Waals surface area contributed by atoms with Gasteiger partial charge in [-0.05, 0) is 40.8 Å². The number of carbonyl (C=O) groups excluding carboxylic acids is 3. The van der Waals surface area contributed by atoms with E-state index in [1.54, 1.807) is 18.2 Å². The monoisotopic (exact) mass is 338 g/mol. The van der Waals surface area contributed by atoms with E-state index in [9.17, 15) is 19.5 Å². The summed E-state index contributed by atoms with van der Waals surface area (Å²) in [6.45, 7) is 1.24. The Balaban J connectivity index is 2.05. The smallest absolute Gasteiger partial charge is 0.338 e. The summed E-state index contributed by atoms with van der Waals surface area (Å²) in [5.74, 6) is -1.70. The number of carbonyl (C=O) groups is 3. The van der Waals surface area contributed by atoms with Gasteiger partial charge in [0.1, 0.15) is 11.5 Å². The minimum Gasteiger partial charge on any atom is -0.507 e. The molecule has 0 spiro atoms. The number of aromatic hydroxyl groups is 1. The number of rotatable bonds is 4. The lowest BCUT2D eigenvalue weighted by molar-refractivity contribution is -0.134. The van der Waals surface area contributed by atoms with E-state index in [0.29, 0.717) is 16.0 Å². The molecule has 126 valence electrons. The summed E-state index contributed by atoms with van der Waals surface area (Å²) < 4.78 is 9.69. The molecule has 6 nitrogen and oxygen atoms in total. The van der Waals surface area contributed by atoms with E-state index in [4.69, 9.17) is 4.74 Å². The molecule has 1 aliphatic rings. The number of benzene rings is 2. The Morgan fingerprint density at radius 2 is 1.76 bits per heavy atom. The number of fused-ring (bicyclic) bond motifs is 1. The van der Waals surface area contributed by atoms with E-state index < -0.39 is 17.7 Å². The molecule has 1 N–H and O–H groups in total. The van der Waals surface area contributed by atoms with Gasteiger partial charge in [0, 0.05) is 6.92 Å². The minimum absolute atomic E-state index is 0.0542. The second kappa shape index (κ2) is 6.24. The summed E-state index contributed by atoms with van der Waals surface area (Å²) in [7, 11) is 1.27. The SMILES string of the molecule is COC(=O)C1=c2cc(O)c(C(=O)c3ccccc3OC(C)=O)cc2=C1. The van der Waals surface area contributed by atoms with Crippen LogP contribution in [0.1, 0.15) is 22.8 Å². The molecule has 0 saturated heterocycles. The largest absolute Gasteiger partial charge is 0.507 e. The van der Waals surface area contributed by atoms with Crippen LogP contribution in [-0.4, -0.2) is 29.9 Å². The standard InChI is InChI=1S/C19H14O6/c1-10(20)25-17-6-4-3-5-12(17)18(22)15-8-11-7-14(19(23)24-2)13(11)9-16(15)21/h3-9,21H,1-2H3. The van der Waals surface area contributed by atoms with Crippen molar-refractivity contribution < 1.29 is 29.0 Å². The van der Waals surface area contributed by atoms with Crippen molar-refractivity contribution in [3.8, 4) is 11.5 Å². The summed E-state index contributed by atoms with van der Waals surface area (Å²) in [5, 5.41) is 11.4. The first-order valence-corrected chi connectivity index (χ1v) is 7.42. The van der Waals surface area contributed by atoms with Gasteiger partial charge >= 0.3 is 11.9 Å². The molecular weight excluding hydrogens is 324 g/mol. The maximum Gasteiger partial charge on any atom is 0.338 e. The number of para-hydroxylation sites is 1. The predicted octanol–water partition coefficient (Wildman–Crippen LogP) is 0.666. The summed E-state index contributed by atoms with van der Waals surface area (Å²) >= 11 is 0. The van der Waals surface area contributed by atoms with Crippen LogP contribution in [0, 0.1) is 0 Å². The zero-order chi connectivity index (χ0) is 18.1. The Hall–Kier alpha value is -3.41. The molecule has 0 bridgehead atoms. The van der Waals surface area contributed by atoms with Crippen LogP contribution in [0.5, 0.6) is 11.5 Å². The topological polar surface area (TPSA) is 89.9 Å². The third-order valence-electron chi connectivity index (χ3n) is 3.79. The summed E-state index contributed by atoms with van der Waals surface area (Å²) in [6.07, 6.45) is 1.58. The molecule has 2 aromatic carbocycles. The molecule has 2 aromatic rings. The molecule has 25 heavy (non-hydrogen) atoms. The van der Waals surface area contributed by atoms with Gasteiger partial charge in [0.05, 0.1) is 23.8 Å². The fourth-order valence-corrected chi connectivity index (χ4v) is 2.62. The Labute approximate surface area is 142 Å². The van der Waals surface area contributed by atoms with Crippen molar-refractivity contribution in [2.75, 3.05) is 7.11 Å². The average molecular weight is 338 g/mol. The fraction of sp³-hybridized carbons (Fsp3) is 0.105. The zero-order valence-electron chi connectivity index (χ0n) is 13.5. The normalized spacial score (nSPS) is 11.7. The maximum absolute atomic E-state index is 12.8. The van der Waals surface area contributed by atoms with Crippen molar-refractivity contribution in [1.82, 2.24) is 0 Å². The molecule has 0 unspecified atom stereocenters. The number of ether oxygens (including phenoxy) is 2. The Morgan fingerprint density at radius 1 is 1.04 bits per heavy atom. The van der Waals surface area contributed by atoms with E-state index in [1.165, 1.54) is 38.3 Å². The van der Waals surface area contributed by atoms with Crippen LogP contribution in [0.2, 0.25) is 0 Å². The van der Waals surface area contributed by atoms with Crippen LogP contribution in [-0.2, 0) is 14.3 Å². The van der Waals surface area contributed by atoms with Crippen LogP contribution in [0.4, 0.5) is 0 Å². The first-order valence-electron chi connectivity index (χ1n) is 7.42. The van der Waals surface area contributed by atoms with Gasteiger partial charge < -0.3 is 14.6 Å². The highest BCUT2D eigenvalue weighted by molar-refractivity contribution is 6.23. The van der Waals surface area contributed by atoms with Crippen LogP contribution >= 0.6 is 0 Å². The third-order valence-corrected chi connectivity index (χ3v) is 3.79. The van der Waals surface area contributed by atoms with Crippen LogP contribution in [0.15, 0.2) is 36.4 Å². The Kier molecular flexibility index (Phi) is 4.10. The minimum atomic E-state index is -0.549. The molecule has 0 radical (unpaired) electrons. The van der Waals surface area contributed by atoms with Crippen LogP contribution in [0.25, 0.3) is 11.6 Å². The Morgan fingerprint density at radius 3 is 2.44 bits per heavy atom. The molecule has 0 heterocycles. The van der Waals surface area contributed by atoms with Gasteiger partial charge in [-0.15, -0.1) is 0 Å². The summed E-state index contributed by atoms with van der Waals surface area (Å²) in [6, 6.07) is 9.12. The second-order valence-electron chi connectivity index (χ2n) is 5.43. The van der Waals surface area contributed by atoms with Crippen molar-refractivity contribution in [1.29, 1.82) is 0 Å². The van der Waals surface area contributed by atoms with Crippen molar-refractivity contribution in [2.45, 2.75) is 6.92 Å². The first-order chi connectivity index (χ1) is 11.9. The first kappa shape index (κ1) is 16.4. The summed E-state index contributed by atoms with van der Waals surface area (Å²) in [5.41, 5.74) is 0.551. The molecule has 0 aliphatic heterocycles. The van der Waals surface area contributed by atoms with Gasteiger partial charge in [-0.2, -0.15) is 0 Å². The van der Waals surface area contributed by atoms with E-state index in [2.05, 4.69) is 4.74 Å². The van der Waals surface area contributed by atoms with E-state index in [-0.39, 0.29) is 22.6 Å². The molecular formula is C19H14O6. The molecule has 6 heteroatoms. The number of phenolic OH excluding ortho intramolecular Hbond substituents is 1. The van der Waals surface area contributed by atoms with E-state index in [0.717, 1.165) is 0 Å². The van der Waals surface area contributed by atoms with Crippen molar-refractivity contribution in [3.63, 3.8) is 0 Å². The molecule has 0 fully saturated rings. The van der Waals surface area contributed by atoms with Crippen LogP contribution in [0.3, 0.4) is 0 Å². The lowest BCUT2D eigenvalue weighted by atomic mass is 9.94. The Bertz CT molecular complexity index is 1030. The second-order valence-corrected chi connectivity index (χ2v) is 5.43. The molecule has 0 saturated carbocycles. The number of hydrogen-bond acceptors (Lipinski definition) is 6. The number of phenols is 1. The number of ketones is 1. The predicted molar refractivity (Wildman–Crippen MR) is 88.4 cm³/mol. The average Bonchev–Trinajstić information content (AvgIpc) is 2.57. The number of esters is 2. The van der Waals surface area contributed by atoms with Crippen molar-refractivity contribution in [2.24, 2.45) is 0 Å². The number of hydrogen-bond donors (Lipinski definition) is 1. The van der Waals surface area contributed by atoms with Gasteiger partial charge in [-0.25, -0.2) is 4.79 Å². The van der Waals surface area contributed by atoms with Gasteiger partial charge in [0.25, 0.3) is 0 Å². The summed E-state index contributed by atoms with van der Waals surface area (Å²) in [4.78, 5) is 35.5. The highest BCUT2D eigenvalue weighted by atomic mass is 16.5. The van der Waals surface area contributed by atoms with Gasteiger partial charge in [-0.3, -0.25) is 9.59 Å². The lowest BCUT2D eigenvalue weighted by Gasteiger charge is -2.13. The number of methoxy groups -OCH3 is 1. The van der Waals surface area contributed by atoms with Gasteiger partial charge in [0.2, 0.25) is 5.78 Å². The highest BCUT2D eigenvalue weighted by Crippen LogP contribution is 2.25.